The van der Waals surface area contributed by atoms with Crippen molar-refractivity contribution in [1.29, 1.82) is 0 Å². The molecule has 0 heterocycles. The highest BCUT2D eigenvalue weighted by molar-refractivity contribution is 6.01. The molecule has 1 N–H and O–H groups in total. The quantitative estimate of drug-likeness (QED) is 0.613. The number of nitrogens with one attached hydrogen (secondary N) is 1. The molecule has 0 aromatic carbocycles. The first kappa shape index (κ1) is 9.39. The average Bonchev–Trinajstić information content (AvgIpc) is 2.01. The van der Waals surface area contributed by atoms with Gasteiger partial charge in [0.15, 0.2) is 0 Å². The van der Waals surface area contributed by atoms with E-state index in [1.165, 1.54) is 0 Å². The van der Waals surface area contributed by atoms with Crippen LogP contribution >= 0.6 is 0 Å². The molecule has 0 saturated heterocycles. The number of carbonyl (C=O) groups excluding carboxylic acids is 2. The van der Waals surface area contributed by atoms with E-state index in [-0.39, 0.29) is 29.9 Å². The van der Waals surface area contributed by atoms with Crippen LogP contribution in [-0.4, -0.2) is 24.7 Å². The summed E-state index contributed by atoms with van der Waals surface area (Å²) >= 11 is 0. The van der Waals surface area contributed by atoms with Crippen LogP contribution < -0.4 is 5.32 Å². The number of rotatable bonds is 2. The van der Waals surface area contributed by atoms with Crippen LogP contribution in [0.5, 0.6) is 0 Å². The van der Waals surface area contributed by atoms with E-state index in [0.29, 0.717) is 12.8 Å². The van der Waals surface area contributed by atoms with Crippen LogP contribution in [0, 0.1) is 5.92 Å². The molecule has 0 radical (unpaired) electrons. The summed E-state index contributed by atoms with van der Waals surface area (Å²) in [6.45, 7) is 2.01. The van der Waals surface area contributed by atoms with E-state index in [4.69, 9.17) is 0 Å². The van der Waals surface area contributed by atoms with Crippen molar-refractivity contribution in [2.45, 2.75) is 32.2 Å². The Balaban J connectivity index is 2.55. The van der Waals surface area contributed by atoms with Gasteiger partial charge in [0.1, 0.15) is 11.6 Å². The second kappa shape index (κ2) is 3.81. The maximum atomic E-state index is 11.1. The zero-order valence-corrected chi connectivity index (χ0v) is 7.59. The maximum absolute atomic E-state index is 11.1. The van der Waals surface area contributed by atoms with Gasteiger partial charge in [-0.2, -0.15) is 0 Å². The number of hydrogen-bond acceptors (Lipinski definition) is 3. The summed E-state index contributed by atoms with van der Waals surface area (Å²) in [7, 11) is 1.86. The first-order valence-electron chi connectivity index (χ1n) is 4.34. The molecule has 0 aromatic rings. The van der Waals surface area contributed by atoms with Gasteiger partial charge in [0.25, 0.3) is 0 Å². The maximum Gasteiger partial charge on any atom is 0.140 e. The minimum absolute atomic E-state index is 0.0957. The molecule has 12 heavy (non-hydrogen) atoms. The largest absolute Gasteiger partial charge is 0.317 e. The van der Waals surface area contributed by atoms with E-state index >= 15 is 0 Å². The molecule has 0 amide bonds. The smallest absolute Gasteiger partial charge is 0.140 e. The first-order valence-corrected chi connectivity index (χ1v) is 4.34. The van der Waals surface area contributed by atoms with Gasteiger partial charge in [0.05, 0.1) is 6.42 Å². The Bertz CT molecular complexity index is 185. The number of ketones is 2. The van der Waals surface area contributed by atoms with E-state index in [2.05, 4.69) is 5.32 Å². The van der Waals surface area contributed by atoms with Crippen molar-refractivity contribution in [3.8, 4) is 0 Å². The van der Waals surface area contributed by atoms with Crippen LogP contribution in [0.4, 0.5) is 0 Å². The predicted octanol–water partition coefficient (Wildman–Crippen LogP) is 0.533. The van der Waals surface area contributed by atoms with Crippen molar-refractivity contribution < 1.29 is 9.59 Å². The average molecular weight is 169 g/mol. The zero-order valence-electron chi connectivity index (χ0n) is 7.59. The van der Waals surface area contributed by atoms with Gasteiger partial charge in [-0.1, -0.05) is 0 Å². The van der Waals surface area contributed by atoms with Gasteiger partial charge in [-0.3, -0.25) is 9.59 Å². The van der Waals surface area contributed by atoms with E-state index in [0.717, 1.165) is 0 Å². The summed E-state index contributed by atoms with van der Waals surface area (Å²) in [4.78, 5) is 22.1. The van der Waals surface area contributed by atoms with Crippen LogP contribution in [0.1, 0.15) is 26.2 Å². The van der Waals surface area contributed by atoms with Crippen molar-refractivity contribution in [3.63, 3.8) is 0 Å². The lowest BCUT2D eigenvalue weighted by Gasteiger charge is -2.25. The molecule has 68 valence electrons. The van der Waals surface area contributed by atoms with Crippen LogP contribution in [0.3, 0.4) is 0 Å². The Morgan fingerprint density at radius 3 is 2.25 bits per heavy atom. The summed E-state index contributed by atoms with van der Waals surface area (Å²) in [5, 5.41) is 3.07. The third-order valence-electron chi connectivity index (χ3n) is 2.54. The number of carbonyl (C=O) groups is 2. The molecular weight excluding hydrogens is 154 g/mol. The molecule has 3 heteroatoms. The second-order valence-corrected chi connectivity index (χ2v) is 3.50. The van der Waals surface area contributed by atoms with Crippen LogP contribution in [0.25, 0.3) is 0 Å². The molecule has 0 aromatic heterocycles. The lowest BCUT2D eigenvalue weighted by atomic mass is 9.83. The van der Waals surface area contributed by atoms with Crippen molar-refractivity contribution in [1.82, 2.24) is 5.32 Å². The fourth-order valence-electron chi connectivity index (χ4n) is 1.61. The van der Waals surface area contributed by atoms with Crippen molar-refractivity contribution in [2.24, 2.45) is 5.92 Å². The standard InChI is InChI=1S/C9H15NO2/c1-6(10-2)7-3-8(11)5-9(12)4-7/h6-7,10H,3-5H2,1-2H3. The zero-order chi connectivity index (χ0) is 9.14. The van der Waals surface area contributed by atoms with Gasteiger partial charge >= 0.3 is 0 Å². The van der Waals surface area contributed by atoms with Crippen molar-refractivity contribution in [2.75, 3.05) is 7.05 Å². The second-order valence-electron chi connectivity index (χ2n) is 3.50. The van der Waals surface area contributed by atoms with Gasteiger partial charge in [-0.05, 0) is 19.9 Å². The van der Waals surface area contributed by atoms with Crippen molar-refractivity contribution in [3.05, 3.63) is 0 Å². The molecule has 0 bridgehead atoms. The number of Topliss-reactive ketones (excluding diaryl/α,β-unsaturated/α-hetero) is 2. The summed E-state index contributed by atoms with van der Waals surface area (Å²) in [6, 6.07) is 0.262. The molecule has 1 saturated carbocycles. The van der Waals surface area contributed by atoms with E-state index in [9.17, 15) is 9.59 Å². The lowest BCUT2D eigenvalue weighted by Crippen LogP contribution is -2.36. The van der Waals surface area contributed by atoms with Gasteiger partial charge < -0.3 is 5.32 Å². The van der Waals surface area contributed by atoms with E-state index < -0.39 is 0 Å². The van der Waals surface area contributed by atoms with Gasteiger partial charge in [0, 0.05) is 18.9 Å². The molecule has 0 spiro atoms. The highest BCUT2D eigenvalue weighted by Gasteiger charge is 2.28. The SMILES string of the molecule is CNC(C)C1CC(=O)CC(=O)C1. The normalized spacial score (nSPS) is 22.8. The third-order valence-corrected chi connectivity index (χ3v) is 2.54. The molecule has 1 atom stereocenters. The molecular formula is C9H15NO2. The summed E-state index contributed by atoms with van der Waals surface area (Å²) in [5.41, 5.74) is 0. The fourth-order valence-corrected chi connectivity index (χ4v) is 1.61. The Hall–Kier alpha value is -0.700. The lowest BCUT2D eigenvalue weighted by molar-refractivity contribution is -0.131. The molecule has 1 rings (SSSR count). The fraction of sp³-hybridized carbons (Fsp3) is 0.778. The molecule has 1 aliphatic carbocycles. The first-order chi connectivity index (χ1) is 5.63. The summed E-state index contributed by atoms with van der Waals surface area (Å²) in [6.07, 6.45) is 1.29. The predicted molar refractivity (Wildman–Crippen MR) is 45.9 cm³/mol. The van der Waals surface area contributed by atoms with E-state index in [1.54, 1.807) is 0 Å². The Morgan fingerprint density at radius 1 is 1.33 bits per heavy atom. The van der Waals surface area contributed by atoms with Gasteiger partial charge in [-0.25, -0.2) is 0 Å². The highest BCUT2D eigenvalue weighted by Crippen LogP contribution is 2.21. The van der Waals surface area contributed by atoms with E-state index in [1.807, 2.05) is 14.0 Å². The number of hydrogen-bond donors (Lipinski definition) is 1. The van der Waals surface area contributed by atoms with Crippen LogP contribution in [-0.2, 0) is 9.59 Å². The molecule has 0 aliphatic heterocycles. The molecule has 1 unspecified atom stereocenters. The highest BCUT2D eigenvalue weighted by atomic mass is 16.1. The minimum Gasteiger partial charge on any atom is -0.317 e. The summed E-state index contributed by atoms with van der Waals surface area (Å²) < 4.78 is 0. The topological polar surface area (TPSA) is 46.2 Å². The van der Waals surface area contributed by atoms with Crippen molar-refractivity contribution >= 4 is 11.6 Å². The Morgan fingerprint density at radius 2 is 1.83 bits per heavy atom. The molecule has 1 aliphatic rings. The molecule has 3 nitrogen and oxygen atoms in total. The van der Waals surface area contributed by atoms with Gasteiger partial charge in [0.2, 0.25) is 0 Å². The van der Waals surface area contributed by atoms with Gasteiger partial charge in [-0.15, -0.1) is 0 Å². The Kier molecular flexibility index (Phi) is 2.98. The monoisotopic (exact) mass is 169 g/mol. The Labute approximate surface area is 72.5 Å². The minimum atomic E-state index is 0.0957. The third kappa shape index (κ3) is 2.14. The summed E-state index contributed by atoms with van der Waals surface area (Å²) in [5.74, 6) is 0.403. The molecule has 1 fully saturated rings. The van der Waals surface area contributed by atoms with Crippen LogP contribution in [0.2, 0.25) is 0 Å². The van der Waals surface area contributed by atoms with Crippen LogP contribution in [0.15, 0.2) is 0 Å².